The molecule has 27 heavy (non-hydrogen) atoms. The minimum absolute atomic E-state index is 0.0455. The van der Waals surface area contributed by atoms with Crippen molar-refractivity contribution in [2.45, 2.75) is 26.1 Å². The van der Waals surface area contributed by atoms with Crippen LogP contribution in [0.4, 0.5) is 0 Å². The summed E-state index contributed by atoms with van der Waals surface area (Å²) in [5.74, 6) is -0.0283. The number of amides is 2. The first kappa shape index (κ1) is 17.5. The van der Waals surface area contributed by atoms with E-state index in [-0.39, 0.29) is 17.9 Å². The zero-order chi connectivity index (χ0) is 18.8. The van der Waals surface area contributed by atoms with Crippen LogP contribution in [0.1, 0.15) is 44.3 Å². The van der Waals surface area contributed by atoms with Crippen molar-refractivity contribution in [3.63, 3.8) is 0 Å². The van der Waals surface area contributed by atoms with Crippen molar-refractivity contribution >= 4 is 23.2 Å². The largest absolute Gasteiger partial charge is 0.348 e. The van der Waals surface area contributed by atoms with Gasteiger partial charge in [0.1, 0.15) is 0 Å². The molecule has 3 aromatic rings. The van der Waals surface area contributed by atoms with E-state index in [9.17, 15) is 9.59 Å². The van der Waals surface area contributed by atoms with Crippen LogP contribution in [-0.4, -0.2) is 27.8 Å². The van der Waals surface area contributed by atoms with Crippen LogP contribution in [0.3, 0.4) is 0 Å². The first-order chi connectivity index (χ1) is 13.1. The Hall–Kier alpha value is -2.86. The lowest BCUT2D eigenvalue weighted by Crippen LogP contribution is -2.40. The van der Waals surface area contributed by atoms with E-state index in [0.717, 1.165) is 12.1 Å². The standard InChI is InChI=1S/C21H21N3O2S/c1-15-18-4-2-10-23(18)11-12-24(15)21(26)17-8-6-16(7-9-17)14-22-20(25)19-5-3-13-27-19/h2-10,13,15H,11-12,14H2,1H3,(H,22,25). The molecule has 1 aromatic carbocycles. The molecule has 0 aliphatic carbocycles. The maximum Gasteiger partial charge on any atom is 0.261 e. The fourth-order valence-electron chi connectivity index (χ4n) is 3.46. The maximum absolute atomic E-state index is 12.9. The summed E-state index contributed by atoms with van der Waals surface area (Å²) < 4.78 is 2.20. The molecule has 1 aliphatic heterocycles. The Bertz CT molecular complexity index is 944. The highest BCUT2D eigenvalue weighted by molar-refractivity contribution is 7.12. The summed E-state index contributed by atoms with van der Waals surface area (Å²) in [4.78, 5) is 27.6. The monoisotopic (exact) mass is 379 g/mol. The fraction of sp³-hybridized carbons (Fsp3) is 0.238. The van der Waals surface area contributed by atoms with Crippen LogP contribution in [0.2, 0.25) is 0 Å². The van der Waals surface area contributed by atoms with Gasteiger partial charge in [0, 0.05) is 37.1 Å². The fourth-order valence-corrected chi connectivity index (χ4v) is 4.10. The van der Waals surface area contributed by atoms with E-state index in [0.29, 0.717) is 23.5 Å². The minimum atomic E-state index is -0.0738. The highest BCUT2D eigenvalue weighted by atomic mass is 32.1. The molecule has 0 saturated carbocycles. The van der Waals surface area contributed by atoms with Gasteiger partial charge in [-0.15, -0.1) is 11.3 Å². The Kier molecular flexibility index (Phi) is 4.81. The van der Waals surface area contributed by atoms with Crippen LogP contribution in [0, 0.1) is 0 Å². The Morgan fingerprint density at radius 1 is 1.11 bits per heavy atom. The van der Waals surface area contributed by atoms with Crippen molar-refractivity contribution in [1.82, 2.24) is 14.8 Å². The number of hydrogen-bond donors (Lipinski definition) is 1. The smallest absolute Gasteiger partial charge is 0.261 e. The molecule has 0 radical (unpaired) electrons. The first-order valence-corrected chi connectivity index (χ1v) is 9.88. The average molecular weight is 379 g/mol. The van der Waals surface area contributed by atoms with E-state index in [2.05, 4.69) is 29.1 Å². The van der Waals surface area contributed by atoms with Gasteiger partial charge in [-0.2, -0.15) is 0 Å². The highest BCUT2D eigenvalue weighted by Gasteiger charge is 2.27. The summed E-state index contributed by atoms with van der Waals surface area (Å²) in [5.41, 5.74) is 2.81. The van der Waals surface area contributed by atoms with Crippen molar-refractivity contribution in [1.29, 1.82) is 0 Å². The Labute approximate surface area is 162 Å². The van der Waals surface area contributed by atoms with E-state index >= 15 is 0 Å². The normalized spacial score (nSPS) is 16.0. The molecule has 1 N–H and O–H groups in total. The van der Waals surface area contributed by atoms with Crippen LogP contribution in [0.25, 0.3) is 0 Å². The van der Waals surface area contributed by atoms with Crippen LogP contribution >= 0.6 is 11.3 Å². The van der Waals surface area contributed by atoms with E-state index in [4.69, 9.17) is 0 Å². The number of nitrogens with one attached hydrogen (secondary N) is 1. The van der Waals surface area contributed by atoms with Gasteiger partial charge in [-0.05, 0) is 48.2 Å². The lowest BCUT2D eigenvalue weighted by Gasteiger charge is -2.35. The van der Waals surface area contributed by atoms with Crippen molar-refractivity contribution in [2.75, 3.05) is 6.54 Å². The van der Waals surface area contributed by atoms with E-state index in [1.54, 1.807) is 6.07 Å². The Morgan fingerprint density at radius 3 is 2.67 bits per heavy atom. The second-order valence-corrected chi connectivity index (χ2v) is 7.61. The van der Waals surface area contributed by atoms with Crippen LogP contribution in [0.5, 0.6) is 0 Å². The van der Waals surface area contributed by atoms with Gasteiger partial charge in [-0.1, -0.05) is 18.2 Å². The second-order valence-electron chi connectivity index (χ2n) is 6.66. The molecule has 4 rings (SSSR count). The SMILES string of the molecule is CC1c2cccn2CCN1C(=O)c1ccc(CNC(=O)c2cccs2)cc1. The minimum Gasteiger partial charge on any atom is -0.348 e. The number of carbonyl (C=O) groups is 2. The summed E-state index contributed by atoms with van der Waals surface area (Å²) >= 11 is 1.42. The molecule has 1 aliphatic rings. The molecule has 138 valence electrons. The zero-order valence-corrected chi connectivity index (χ0v) is 15.9. The predicted octanol–water partition coefficient (Wildman–Crippen LogP) is 3.70. The number of hydrogen-bond acceptors (Lipinski definition) is 3. The summed E-state index contributed by atoms with van der Waals surface area (Å²) in [6.45, 7) is 4.04. The molecular formula is C21H21N3O2S. The van der Waals surface area contributed by atoms with Crippen molar-refractivity contribution in [3.05, 3.63) is 81.8 Å². The van der Waals surface area contributed by atoms with Gasteiger partial charge in [0.15, 0.2) is 0 Å². The summed E-state index contributed by atoms with van der Waals surface area (Å²) in [5, 5.41) is 4.78. The Balaban J connectivity index is 1.40. The molecule has 2 aromatic heterocycles. The first-order valence-electron chi connectivity index (χ1n) is 9.00. The number of aromatic nitrogens is 1. The van der Waals surface area contributed by atoms with Gasteiger partial charge in [0.25, 0.3) is 11.8 Å². The molecule has 1 unspecified atom stereocenters. The van der Waals surface area contributed by atoms with Crippen LogP contribution < -0.4 is 5.32 Å². The molecule has 3 heterocycles. The van der Waals surface area contributed by atoms with Gasteiger partial charge < -0.3 is 14.8 Å². The van der Waals surface area contributed by atoms with Crippen LogP contribution in [-0.2, 0) is 13.1 Å². The van der Waals surface area contributed by atoms with E-state index in [1.165, 1.54) is 17.0 Å². The molecule has 5 nitrogen and oxygen atoms in total. The molecule has 0 saturated heterocycles. The number of carbonyl (C=O) groups excluding carboxylic acids is 2. The summed E-state index contributed by atoms with van der Waals surface area (Å²) in [6.07, 6.45) is 2.06. The van der Waals surface area contributed by atoms with Gasteiger partial charge in [-0.25, -0.2) is 0 Å². The lowest BCUT2D eigenvalue weighted by molar-refractivity contribution is 0.0644. The maximum atomic E-state index is 12.9. The number of fused-ring (bicyclic) bond motifs is 1. The molecule has 0 bridgehead atoms. The van der Waals surface area contributed by atoms with Crippen molar-refractivity contribution in [2.24, 2.45) is 0 Å². The third kappa shape index (κ3) is 3.53. The average Bonchev–Trinajstić information content (AvgIpc) is 3.38. The summed E-state index contributed by atoms with van der Waals surface area (Å²) in [6, 6.07) is 15.3. The highest BCUT2D eigenvalue weighted by Crippen LogP contribution is 2.26. The number of benzene rings is 1. The molecule has 6 heteroatoms. The van der Waals surface area contributed by atoms with Gasteiger partial charge in [0.2, 0.25) is 0 Å². The van der Waals surface area contributed by atoms with Crippen molar-refractivity contribution in [3.8, 4) is 0 Å². The van der Waals surface area contributed by atoms with E-state index < -0.39 is 0 Å². The molecule has 0 spiro atoms. The topological polar surface area (TPSA) is 54.3 Å². The van der Waals surface area contributed by atoms with Gasteiger partial charge in [-0.3, -0.25) is 9.59 Å². The Morgan fingerprint density at radius 2 is 1.93 bits per heavy atom. The molecule has 1 atom stereocenters. The zero-order valence-electron chi connectivity index (χ0n) is 15.1. The number of thiophene rings is 1. The quantitative estimate of drug-likeness (QED) is 0.752. The number of nitrogens with zero attached hydrogens (tertiary/aromatic N) is 2. The van der Waals surface area contributed by atoms with E-state index in [1.807, 2.05) is 46.7 Å². The molecule has 2 amide bonds. The second kappa shape index (κ2) is 7.40. The molecular weight excluding hydrogens is 358 g/mol. The van der Waals surface area contributed by atoms with Gasteiger partial charge >= 0.3 is 0 Å². The van der Waals surface area contributed by atoms with Gasteiger partial charge in [0.05, 0.1) is 10.9 Å². The number of rotatable bonds is 4. The molecule has 0 fully saturated rings. The summed E-state index contributed by atoms with van der Waals surface area (Å²) in [7, 11) is 0. The third-order valence-electron chi connectivity index (χ3n) is 5.00. The van der Waals surface area contributed by atoms with Crippen LogP contribution in [0.15, 0.2) is 60.1 Å². The lowest BCUT2D eigenvalue weighted by atomic mass is 10.1. The van der Waals surface area contributed by atoms with Crippen molar-refractivity contribution < 1.29 is 9.59 Å². The third-order valence-corrected chi connectivity index (χ3v) is 5.87. The predicted molar refractivity (Wildman–Crippen MR) is 106 cm³/mol.